The number of urea groups is 1. The Kier molecular flexibility index (Phi) is 5.23. The summed E-state index contributed by atoms with van der Waals surface area (Å²) in [6.07, 6.45) is 6.72. The van der Waals surface area contributed by atoms with Gasteiger partial charge in [0.15, 0.2) is 0 Å². The van der Waals surface area contributed by atoms with E-state index in [2.05, 4.69) is 20.7 Å². The molecule has 29 heavy (non-hydrogen) atoms. The van der Waals surface area contributed by atoms with Gasteiger partial charge in [0.1, 0.15) is 18.2 Å². The molecule has 0 atom stereocenters. The van der Waals surface area contributed by atoms with Crippen molar-refractivity contribution in [1.82, 2.24) is 25.0 Å². The number of nitrogens with zero attached hydrogens (tertiary/aromatic N) is 4. The second-order valence-electron chi connectivity index (χ2n) is 7.33. The largest absolute Gasteiger partial charge is 0.325 e. The van der Waals surface area contributed by atoms with Crippen LogP contribution < -0.4 is 10.6 Å². The Bertz CT molecular complexity index is 939. The van der Waals surface area contributed by atoms with E-state index < -0.39 is 5.54 Å². The van der Waals surface area contributed by atoms with Crippen LogP contribution in [0.3, 0.4) is 0 Å². The Morgan fingerprint density at radius 3 is 2.79 bits per heavy atom. The first kappa shape index (κ1) is 19.4. The average Bonchev–Trinajstić information content (AvgIpc) is 3.41. The van der Waals surface area contributed by atoms with E-state index >= 15 is 0 Å². The average molecular weight is 417 g/mol. The molecule has 0 radical (unpaired) electrons. The van der Waals surface area contributed by atoms with Crippen molar-refractivity contribution in [3.63, 3.8) is 0 Å². The molecule has 1 aliphatic heterocycles. The number of rotatable bonds is 6. The summed E-state index contributed by atoms with van der Waals surface area (Å²) >= 11 is 6.06. The summed E-state index contributed by atoms with van der Waals surface area (Å²) in [6.45, 7) is 0.214. The van der Waals surface area contributed by atoms with Gasteiger partial charge in [-0.2, -0.15) is 5.10 Å². The van der Waals surface area contributed by atoms with Gasteiger partial charge >= 0.3 is 6.03 Å². The van der Waals surface area contributed by atoms with Crippen molar-refractivity contribution in [2.75, 3.05) is 11.9 Å². The normalized spacial score (nSPS) is 17.8. The fraction of sp³-hybridized carbons (Fsp3) is 0.421. The van der Waals surface area contributed by atoms with E-state index in [9.17, 15) is 14.4 Å². The molecule has 2 heterocycles. The highest BCUT2D eigenvalue weighted by Crippen LogP contribution is 2.35. The SMILES string of the molecule is O=C(CCCN1C(=O)NC2(CCCC2)C1=O)Nc1cc(Cl)ccc1-n1cncn1. The first-order chi connectivity index (χ1) is 14.0. The minimum Gasteiger partial charge on any atom is -0.324 e. The lowest BCUT2D eigenvalue weighted by atomic mass is 9.98. The monoisotopic (exact) mass is 416 g/mol. The first-order valence-corrected chi connectivity index (χ1v) is 9.95. The molecule has 10 heteroatoms. The lowest BCUT2D eigenvalue weighted by Gasteiger charge is -2.20. The molecule has 1 aromatic heterocycles. The molecule has 1 saturated carbocycles. The van der Waals surface area contributed by atoms with Crippen LogP contribution in [0.1, 0.15) is 38.5 Å². The molecule has 9 nitrogen and oxygen atoms in total. The van der Waals surface area contributed by atoms with Gasteiger partial charge in [-0.1, -0.05) is 24.4 Å². The second kappa shape index (κ2) is 7.82. The molecule has 4 amide bonds. The van der Waals surface area contributed by atoms with Gasteiger partial charge in [0.2, 0.25) is 5.91 Å². The number of anilines is 1. The van der Waals surface area contributed by atoms with Crippen molar-refractivity contribution in [1.29, 1.82) is 0 Å². The summed E-state index contributed by atoms with van der Waals surface area (Å²) in [5, 5.41) is 10.2. The van der Waals surface area contributed by atoms with Crippen molar-refractivity contribution in [2.24, 2.45) is 0 Å². The summed E-state index contributed by atoms with van der Waals surface area (Å²) in [7, 11) is 0. The molecular weight excluding hydrogens is 396 g/mol. The van der Waals surface area contributed by atoms with Crippen LogP contribution in [0.4, 0.5) is 10.5 Å². The Morgan fingerprint density at radius 2 is 2.07 bits per heavy atom. The van der Waals surface area contributed by atoms with Gasteiger partial charge in [0.25, 0.3) is 5.91 Å². The van der Waals surface area contributed by atoms with Gasteiger partial charge < -0.3 is 10.6 Å². The lowest BCUT2D eigenvalue weighted by molar-refractivity contribution is -0.131. The number of nitrogens with one attached hydrogen (secondary N) is 2. The van der Waals surface area contributed by atoms with Crippen LogP contribution in [0.25, 0.3) is 5.69 Å². The zero-order valence-electron chi connectivity index (χ0n) is 15.7. The predicted molar refractivity (Wildman–Crippen MR) is 106 cm³/mol. The van der Waals surface area contributed by atoms with E-state index in [1.165, 1.54) is 22.2 Å². The zero-order valence-corrected chi connectivity index (χ0v) is 16.5. The summed E-state index contributed by atoms with van der Waals surface area (Å²) in [6, 6.07) is 4.71. The minimum absolute atomic E-state index is 0.160. The Hall–Kier alpha value is -2.94. The maximum absolute atomic E-state index is 12.6. The van der Waals surface area contributed by atoms with Gasteiger partial charge in [-0.3, -0.25) is 14.5 Å². The van der Waals surface area contributed by atoms with Crippen molar-refractivity contribution in [3.05, 3.63) is 35.9 Å². The molecule has 1 aromatic carbocycles. The molecule has 2 fully saturated rings. The minimum atomic E-state index is -0.715. The van der Waals surface area contributed by atoms with Gasteiger partial charge in [0, 0.05) is 18.0 Å². The quantitative estimate of drug-likeness (QED) is 0.703. The number of carbonyl (C=O) groups excluding carboxylic acids is 3. The standard InChI is InChI=1S/C19H21ClN6O3/c20-13-5-6-15(26-12-21-11-22-26)14(10-13)23-16(27)4-3-9-25-17(28)19(24-18(25)29)7-1-2-8-19/h5-6,10-12H,1-4,7-9H2,(H,23,27)(H,24,29). The maximum atomic E-state index is 12.6. The van der Waals surface area contributed by atoms with Crippen molar-refractivity contribution < 1.29 is 14.4 Å². The fourth-order valence-corrected chi connectivity index (χ4v) is 4.12. The smallest absolute Gasteiger partial charge is 0.324 e. The van der Waals surface area contributed by atoms with Crippen molar-refractivity contribution in [2.45, 2.75) is 44.1 Å². The van der Waals surface area contributed by atoms with E-state index in [1.54, 1.807) is 18.2 Å². The predicted octanol–water partition coefficient (Wildman–Crippen LogP) is 2.50. The number of benzene rings is 1. The second-order valence-corrected chi connectivity index (χ2v) is 7.77. The third-order valence-electron chi connectivity index (χ3n) is 5.39. The van der Waals surface area contributed by atoms with E-state index in [0.29, 0.717) is 35.7 Å². The van der Waals surface area contributed by atoms with Crippen LogP contribution in [0.2, 0.25) is 5.02 Å². The topological polar surface area (TPSA) is 109 Å². The number of aromatic nitrogens is 3. The van der Waals surface area contributed by atoms with Crippen LogP contribution in [-0.2, 0) is 9.59 Å². The summed E-state index contributed by atoms with van der Waals surface area (Å²) in [5.74, 6) is -0.403. The zero-order chi connectivity index (χ0) is 20.4. The molecule has 2 aliphatic rings. The summed E-state index contributed by atoms with van der Waals surface area (Å²) in [5.41, 5.74) is 0.428. The van der Waals surface area contributed by atoms with Crippen LogP contribution in [0.15, 0.2) is 30.9 Å². The number of halogens is 1. The molecular formula is C19H21ClN6O3. The number of amides is 4. The highest BCUT2D eigenvalue weighted by molar-refractivity contribution is 6.31. The molecule has 2 aromatic rings. The van der Waals surface area contributed by atoms with Gasteiger partial charge in [0.05, 0.1) is 11.4 Å². The molecule has 4 rings (SSSR count). The number of hydrogen-bond acceptors (Lipinski definition) is 5. The van der Waals surface area contributed by atoms with Crippen LogP contribution in [0, 0.1) is 0 Å². The van der Waals surface area contributed by atoms with Crippen molar-refractivity contribution >= 4 is 35.1 Å². The molecule has 1 saturated heterocycles. The Morgan fingerprint density at radius 1 is 1.28 bits per heavy atom. The van der Waals surface area contributed by atoms with Crippen LogP contribution in [-0.4, -0.2) is 49.6 Å². The van der Waals surface area contributed by atoms with E-state index in [0.717, 1.165) is 12.8 Å². The number of hydrogen-bond donors (Lipinski definition) is 2. The molecule has 1 spiro atoms. The molecule has 2 N–H and O–H groups in total. The van der Waals surface area contributed by atoms with Gasteiger partial charge in [-0.05, 0) is 37.5 Å². The maximum Gasteiger partial charge on any atom is 0.325 e. The van der Waals surface area contributed by atoms with Gasteiger partial charge in [-0.15, -0.1) is 0 Å². The highest BCUT2D eigenvalue weighted by Gasteiger charge is 2.52. The number of imide groups is 1. The Balaban J connectivity index is 1.35. The first-order valence-electron chi connectivity index (χ1n) is 9.57. The van der Waals surface area contributed by atoms with E-state index in [1.807, 2.05) is 0 Å². The molecule has 0 bridgehead atoms. The molecule has 1 aliphatic carbocycles. The van der Waals surface area contributed by atoms with E-state index in [4.69, 9.17) is 11.6 Å². The molecule has 152 valence electrons. The van der Waals surface area contributed by atoms with Crippen LogP contribution in [0.5, 0.6) is 0 Å². The highest BCUT2D eigenvalue weighted by atomic mass is 35.5. The third-order valence-corrected chi connectivity index (χ3v) is 5.62. The summed E-state index contributed by atoms with van der Waals surface area (Å²) < 4.78 is 1.53. The van der Waals surface area contributed by atoms with Crippen molar-refractivity contribution in [3.8, 4) is 5.69 Å². The Labute approximate surface area is 172 Å². The summed E-state index contributed by atoms with van der Waals surface area (Å²) in [4.78, 5) is 42.4. The lowest BCUT2D eigenvalue weighted by Crippen LogP contribution is -2.44. The number of carbonyl (C=O) groups is 3. The molecule has 0 unspecified atom stereocenters. The van der Waals surface area contributed by atoms with Gasteiger partial charge in [-0.25, -0.2) is 14.5 Å². The van der Waals surface area contributed by atoms with Crippen LogP contribution >= 0.6 is 11.6 Å². The fourth-order valence-electron chi connectivity index (χ4n) is 3.95. The third kappa shape index (κ3) is 3.82. The van der Waals surface area contributed by atoms with E-state index in [-0.39, 0.29) is 30.8 Å².